The minimum absolute atomic E-state index is 0.00448. The van der Waals surface area contributed by atoms with Crippen molar-refractivity contribution in [2.24, 2.45) is 5.73 Å². The van der Waals surface area contributed by atoms with E-state index >= 15 is 0 Å². The molecule has 0 aliphatic heterocycles. The molecule has 0 aromatic rings. The van der Waals surface area contributed by atoms with Crippen molar-refractivity contribution in [1.29, 1.82) is 0 Å². The van der Waals surface area contributed by atoms with Gasteiger partial charge in [0, 0.05) is 27.3 Å². The van der Waals surface area contributed by atoms with E-state index in [0.29, 0.717) is 59.3 Å². The maximum atomic E-state index is 11.4. The molecule has 0 fully saturated rings. The zero-order valence-electron chi connectivity index (χ0n) is 14.1. The van der Waals surface area contributed by atoms with Gasteiger partial charge in [-0.15, -0.1) is 0 Å². The number of rotatable bonds is 17. The quantitative estimate of drug-likeness (QED) is 0.250. The lowest BCUT2D eigenvalue weighted by Crippen LogP contribution is -2.31. The van der Waals surface area contributed by atoms with Crippen LogP contribution < -0.4 is 11.1 Å². The monoisotopic (exact) mass is 338 g/mol. The molecule has 0 radical (unpaired) electrons. The first kappa shape index (κ1) is 22.2. The fourth-order valence-electron chi connectivity index (χ4n) is 1.41. The zero-order chi connectivity index (χ0) is 17.2. The Balaban J connectivity index is 3.23. The van der Waals surface area contributed by atoms with Gasteiger partial charge in [-0.25, -0.2) is 0 Å². The molecule has 0 bridgehead atoms. The van der Waals surface area contributed by atoms with Crippen molar-refractivity contribution in [2.75, 3.05) is 80.2 Å². The smallest absolute Gasteiger partial charge is 0.246 e. The molecule has 0 aromatic carbocycles. The number of carbonyl (C=O) groups excluding carboxylic acids is 1. The minimum atomic E-state index is -0.366. The van der Waals surface area contributed by atoms with Crippen LogP contribution in [0.15, 0.2) is 0 Å². The van der Waals surface area contributed by atoms with Crippen LogP contribution in [0.1, 0.15) is 0 Å². The molecule has 9 nitrogen and oxygen atoms in total. The average Bonchev–Trinajstić information content (AvgIpc) is 2.56. The van der Waals surface area contributed by atoms with Gasteiger partial charge in [-0.2, -0.15) is 0 Å². The number of nitrogens with two attached hydrogens (primary N) is 1. The van der Waals surface area contributed by atoms with E-state index in [1.807, 2.05) is 0 Å². The molecule has 0 unspecified atom stereocenters. The van der Waals surface area contributed by atoms with E-state index < -0.39 is 0 Å². The third kappa shape index (κ3) is 15.8. The average molecular weight is 338 g/mol. The summed E-state index contributed by atoms with van der Waals surface area (Å²) in [7, 11) is 3.10. The van der Waals surface area contributed by atoms with Gasteiger partial charge in [0.15, 0.2) is 6.29 Å². The van der Waals surface area contributed by atoms with Gasteiger partial charge >= 0.3 is 0 Å². The Morgan fingerprint density at radius 3 is 2.17 bits per heavy atom. The lowest BCUT2D eigenvalue weighted by Gasteiger charge is -2.13. The predicted molar refractivity (Wildman–Crippen MR) is 83.1 cm³/mol. The summed E-state index contributed by atoms with van der Waals surface area (Å²) >= 11 is 0. The molecule has 0 saturated heterocycles. The maximum Gasteiger partial charge on any atom is 0.246 e. The van der Waals surface area contributed by atoms with Crippen molar-refractivity contribution in [3.63, 3.8) is 0 Å². The summed E-state index contributed by atoms with van der Waals surface area (Å²) in [6, 6.07) is 0. The Labute approximate surface area is 137 Å². The van der Waals surface area contributed by atoms with Crippen molar-refractivity contribution in [2.45, 2.75) is 6.29 Å². The highest BCUT2D eigenvalue weighted by Gasteiger charge is 2.04. The first-order chi connectivity index (χ1) is 11.2. The van der Waals surface area contributed by atoms with Crippen LogP contribution in [-0.4, -0.2) is 92.4 Å². The maximum absolute atomic E-state index is 11.4. The second-order valence-electron chi connectivity index (χ2n) is 4.39. The molecule has 0 saturated carbocycles. The number of hydrogen-bond acceptors (Lipinski definition) is 8. The molecule has 0 rings (SSSR count). The third-order valence-corrected chi connectivity index (χ3v) is 2.59. The summed E-state index contributed by atoms with van der Waals surface area (Å²) < 4.78 is 30.8. The first-order valence-corrected chi connectivity index (χ1v) is 7.58. The molecular weight excluding hydrogens is 308 g/mol. The molecule has 0 spiro atoms. The van der Waals surface area contributed by atoms with E-state index in [4.69, 9.17) is 34.2 Å². The van der Waals surface area contributed by atoms with Crippen molar-refractivity contribution < 1.29 is 33.2 Å². The zero-order valence-corrected chi connectivity index (χ0v) is 14.1. The Bertz CT molecular complexity index is 266. The van der Waals surface area contributed by atoms with Gasteiger partial charge in [0.05, 0.1) is 46.2 Å². The van der Waals surface area contributed by atoms with Gasteiger partial charge in [0.1, 0.15) is 6.61 Å². The number of carbonyl (C=O) groups is 1. The Kier molecular flexibility index (Phi) is 16.9. The second-order valence-corrected chi connectivity index (χ2v) is 4.39. The Morgan fingerprint density at radius 1 is 0.913 bits per heavy atom. The largest absolute Gasteiger partial charge is 0.378 e. The van der Waals surface area contributed by atoms with Gasteiger partial charge < -0.3 is 39.5 Å². The highest BCUT2D eigenvalue weighted by Crippen LogP contribution is 1.91. The normalized spacial score (nSPS) is 11.1. The summed E-state index contributed by atoms with van der Waals surface area (Å²) in [5.74, 6) is -0.188. The van der Waals surface area contributed by atoms with E-state index in [9.17, 15) is 4.79 Å². The highest BCUT2D eigenvalue weighted by molar-refractivity contribution is 5.77. The molecule has 138 valence electrons. The van der Waals surface area contributed by atoms with Gasteiger partial charge in [0.2, 0.25) is 5.91 Å². The fraction of sp³-hybridized carbons (Fsp3) is 0.929. The number of amides is 1. The highest BCUT2D eigenvalue weighted by atomic mass is 16.7. The van der Waals surface area contributed by atoms with Crippen molar-refractivity contribution in [3.8, 4) is 0 Å². The predicted octanol–water partition coefficient (Wildman–Crippen LogP) is -1.25. The molecule has 3 N–H and O–H groups in total. The van der Waals surface area contributed by atoms with Crippen LogP contribution in [0, 0.1) is 0 Å². The first-order valence-electron chi connectivity index (χ1n) is 7.58. The Hall–Kier alpha value is -0.810. The molecule has 0 heterocycles. The SMILES string of the molecule is COC(COCCOCCNC(=O)COCCOCCN)OC. The summed E-state index contributed by atoms with van der Waals surface area (Å²) in [5.41, 5.74) is 5.26. The van der Waals surface area contributed by atoms with Crippen molar-refractivity contribution >= 4 is 5.91 Å². The molecule has 0 atom stereocenters. The molecule has 1 amide bonds. The van der Waals surface area contributed by atoms with Crippen LogP contribution in [0.2, 0.25) is 0 Å². The fourth-order valence-corrected chi connectivity index (χ4v) is 1.41. The van der Waals surface area contributed by atoms with Crippen LogP contribution in [0.5, 0.6) is 0 Å². The van der Waals surface area contributed by atoms with E-state index in [0.717, 1.165) is 0 Å². The Morgan fingerprint density at radius 2 is 1.52 bits per heavy atom. The van der Waals surface area contributed by atoms with Crippen LogP contribution in [0.25, 0.3) is 0 Å². The lowest BCUT2D eigenvalue weighted by atomic mass is 10.6. The van der Waals surface area contributed by atoms with E-state index in [2.05, 4.69) is 5.32 Å². The summed E-state index contributed by atoms with van der Waals surface area (Å²) in [6.45, 7) is 3.82. The van der Waals surface area contributed by atoms with Crippen molar-refractivity contribution in [3.05, 3.63) is 0 Å². The van der Waals surface area contributed by atoms with E-state index in [1.54, 1.807) is 14.2 Å². The molecule has 0 aliphatic carbocycles. The standard InChI is InChI=1S/C14H30N2O7/c1-18-14(19-2)12-23-10-8-21-6-4-16-13(17)11-22-9-7-20-5-3-15/h14H,3-12,15H2,1-2H3,(H,16,17). The lowest BCUT2D eigenvalue weighted by molar-refractivity contribution is -0.143. The molecule has 0 aliphatic rings. The molecular formula is C14H30N2O7. The van der Waals surface area contributed by atoms with E-state index in [-0.39, 0.29) is 18.8 Å². The number of methoxy groups -OCH3 is 2. The minimum Gasteiger partial charge on any atom is -0.378 e. The summed E-state index contributed by atoms with van der Waals surface area (Å²) in [6.07, 6.45) is -0.366. The number of ether oxygens (including phenoxy) is 6. The number of hydrogen-bond donors (Lipinski definition) is 2. The van der Waals surface area contributed by atoms with Crippen LogP contribution >= 0.6 is 0 Å². The molecule has 9 heteroatoms. The molecule has 23 heavy (non-hydrogen) atoms. The van der Waals surface area contributed by atoms with Gasteiger partial charge in [0.25, 0.3) is 0 Å². The number of nitrogens with one attached hydrogen (secondary N) is 1. The van der Waals surface area contributed by atoms with Crippen LogP contribution in [0.4, 0.5) is 0 Å². The van der Waals surface area contributed by atoms with E-state index in [1.165, 1.54) is 0 Å². The van der Waals surface area contributed by atoms with Crippen molar-refractivity contribution in [1.82, 2.24) is 5.32 Å². The van der Waals surface area contributed by atoms with Crippen LogP contribution in [-0.2, 0) is 33.2 Å². The van der Waals surface area contributed by atoms with Crippen LogP contribution in [0.3, 0.4) is 0 Å². The summed E-state index contributed by atoms with van der Waals surface area (Å²) in [5, 5.41) is 2.68. The van der Waals surface area contributed by atoms with Gasteiger partial charge in [-0.3, -0.25) is 4.79 Å². The van der Waals surface area contributed by atoms with Gasteiger partial charge in [-0.1, -0.05) is 0 Å². The molecule has 0 aromatic heterocycles. The third-order valence-electron chi connectivity index (χ3n) is 2.59. The van der Waals surface area contributed by atoms with Gasteiger partial charge in [-0.05, 0) is 0 Å². The second kappa shape index (κ2) is 17.5. The summed E-state index contributed by atoms with van der Waals surface area (Å²) in [4.78, 5) is 11.4. The topological polar surface area (TPSA) is 110 Å².